The molecule has 0 atom stereocenters. The first-order valence-electron chi connectivity index (χ1n) is 17.9. The predicted octanol–water partition coefficient (Wildman–Crippen LogP) is 12.5. The molecule has 0 aliphatic heterocycles. The van der Waals surface area contributed by atoms with Crippen LogP contribution in [0.2, 0.25) is 0 Å². The van der Waals surface area contributed by atoms with E-state index in [0.29, 0.717) is 5.82 Å². The molecule has 0 saturated carbocycles. The Kier molecular flexibility index (Phi) is 6.84. The number of rotatable bonds is 5. The average molecular weight is 666 g/mol. The highest BCUT2D eigenvalue weighted by atomic mass is 15.0. The summed E-state index contributed by atoms with van der Waals surface area (Å²) in [7, 11) is 0. The Hall–Kier alpha value is -6.58. The number of nitrogens with zero attached hydrogens (tertiary/aromatic N) is 3. The molecule has 0 unspecified atom stereocenters. The molecule has 3 nitrogen and oxygen atoms in total. The van der Waals surface area contributed by atoms with Crippen molar-refractivity contribution < 1.29 is 0 Å². The maximum Gasteiger partial charge on any atom is 0.160 e. The highest BCUT2D eigenvalue weighted by Crippen LogP contribution is 2.52. The van der Waals surface area contributed by atoms with Gasteiger partial charge in [0, 0.05) is 38.6 Å². The molecule has 1 aliphatic carbocycles. The molecule has 246 valence electrons. The van der Waals surface area contributed by atoms with Gasteiger partial charge in [0.15, 0.2) is 5.82 Å². The molecule has 0 spiro atoms. The van der Waals surface area contributed by atoms with E-state index in [0.717, 1.165) is 44.8 Å². The van der Waals surface area contributed by atoms with E-state index in [-0.39, 0.29) is 5.41 Å². The average Bonchev–Trinajstić information content (AvgIpc) is 3.67. The van der Waals surface area contributed by atoms with Crippen molar-refractivity contribution in [3.8, 4) is 61.8 Å². The first kappa shape index (κ1) is 30.3. The van der Waals surface area contributed by atoms with E-state index in [1.165, 1.54) is 44.2 Å². The van der Waals surface area contributed by atoms with E-state index in [2.05, 4.69) is 170 Å². The van der Waals surface area contributed by atoms with Gasteiger partial charge in [0.1, 0.15) is 0 Å². The van der Waals surface area contributed by atoms with Gasteiger partial charge in [0.2, 0.25) is 0 Å². The number of para-hydroxylation sites is 2. The van der Waals surface area contributed by atoms with Crippen molar-refractivity contribution in [3.63, 3.8) is 0 Å². The third-order valence-electron chi connectivity index (χ3n) is 10.8. The van der Waals surface area contributed by atoms with Crippen molar-refractivity contribution >= 4 is 21.8 Å². The van der Waals surface area contributed by atoms with E-state index in [1.54, 1.807) is 0 Å². The zero-order valence-corrected chi connectivity index (χ0v) is 29.1. The number of fused-ring (bicyclic) bond motifs is 6. The monoisotopic (exact) mass is 665 g/mol. The van der Waals surface area contributed by atoms with Crippen LogP contribution in [0.5, 0.6) is 0 Å². The van der Waals surface area contributed by atoms with Crippen molar-refractivity contribution in [1.29, 1.82) is 0 Å². The van der Waals surface area contributed by atoms with Gasteiger partial charge >= 0.3 is 0 Å². The van der Waals surface area contributed by atoms with Crippen LogP contribution >= 0.6 is 0 Å². The van der Waals surface area contributed by atoms with Crippen LogP contribution in [0, 0.1) is 0 Å². The Bertz CT molecular complexity index is 2740. The lowest BCUT2D eigenvalue weighted by molar-refractivity contribution is 0.662. The van der Waals surface area contributed by atoms with Gasteiger partial charge in [0.05, 0.1) is 22.4 Å². The lowest BCUT2D eigenvalue weighted by atomic mass is 9.79. The van der Waals surface area contributed by atoms with Crippen LogP contribution in [0.1, 0.15) is 25.0 Å². The van der Waals surface area contributed by atoms with E-state index < -0.39 is 0 Å². The molecule has 52 heavy (non-hydrogen) atoms. The van der Waals surface area contributed by atoms with Gasteiger partial charge in [-0.15, -0.1) is 0 Å². The predicted molar refractivity (Wildman–Crippen MR) is 216 cm³/mol. The van der Waals surface area contributed by atoms with Crippen LogP contribution in [0.25, 0.3) is 83.6 Å². The molecule has 0 fully saturated rings. The second kappa shape index (κ2) is 11.8. The van der Waals surface area contributed by atoms with Gasteiger partial charge in [-0.3, -0.25) is 0 Å². The molecule has 3 heteroatoms. The second-order valence-corrected chi connectivity index (χ2v) is 14.2. The molecule has 1 aliphatic rings. The summed E-state index contributed by atoms with van der Waals surface area (Å²) in [5.74, 6) is 0.708. The van der Waals surface area contributed by atoms with Gasteiger partial charge in [-0.25, -0.2) is 9.97 Å². The summed E-state index contributed by atoms with van der Waals surface area (Å²) in [6.45, 7) is 4.73. The molecule has 2 heterocycles. The fourth-order valence-corrected chi connectivity index (χ4v) is 8.44. The molecule has 2 aromatic heterocycles. The van der Waals surface area contributed by atoms with Gasteiger partial charge in [-0.1, -0.05) is 159 Å². The second-order valence-electron chi connectivity index (χ2n) is 14.2. The van der Waals surface area contributed by atoms with Gasteiger partial charge in [-0.2, -0.15) is 0 Å². The quantitative estimate of drug-likeness (QED) is 0.183. The number of benzene rings is 7. The van der Waals surface area contributed by atoms with Crippen molar-refractivity contribution in [2.75, 3.05) is 0 Å². The third-order valence-corrected chi connectivity index (χ3v) is 10.8. The highest BCUT2D eigenvalue weighted by molar-refractivity contribution is 6.14. The summed E-state index contributed by atoms with van der Waals surface area (Å²) in [6, 6.07) is 62.8. The summed E-state index contributed by atoms with van der Waals surface area (Å²) in [4.78, 5) is 10.4. The van der Waals surface area contributed by atoms with Gasteiger partial charge < -0.3 is 4.57 Å². The standard InChI is InChI=1S/C49H35N3/c1-49(2)42-27-13-12-22-37(42)38-24-14-23-36(46(38)49)34-28-29-45-41(30-34)39-25-15-26-40(47(39)52(45)35-20-10-5-11-21-35)44-31-43(32-16-6-3-7-17-32)50-48(51-44)33-18-8-4-9-19-33/h3-31H,1-2H3. The number of hydrogen-bond donors (Lipinski definition) is 0. The van der Waals surface area contributed by atoms with Crippen LogP contribution in [0.3, 0.4) is 0 Å². The topological polar surface area (TPSA) is 30.7 Å². The lowest BCUT2D eigenvalue weighted by Crippen LogP contribution is -2.16. The molecule has 0 N–H and O–H groups in total. The highest BCUT2D eigenvalue weighted by Gasteiger charge is 2.37. The van der Waals surface area contributed by atoms with Crippen LogP contribution < -0.4 is 0 Å². The van der Waals surface area contributed by atoms with Crippen LogP contribution in [-0.2, 0) is 5.41 Å². The smallest absolute Gasteiger partial charge is 0.160 e. The minimum absolute atomic E-state index is 0.109. The summed E-state index contributed by atoms with van der Waals surface area (Å²) < 4.78 is 2.41. The van der Waals surface area contributed by atoms with Crippen LogP contribution in [0.15, 0.2) is 176 Å². The third kappa shape index (κ3) is 4.66. The van der Waals surface area contributed by atoms with Crippen molar-refractivity contribution in [2.24, 2.45) is 0 Å². The Morgan fingerprint density at radius 2 is 1.06 bits per heavy atom. The molecule has 7 aromatic carbocycles. The van der Waals surface area contributed by atoms with Crippen LogP contribution in [-0.4, -0.2) is 14.5 Å². The molecule has 0 radical (unpaired) electrons. The minimum Gasteiger partial charge on any atom is -0.309 e. The first-order valence-corrected chi connectivity index (χ1v) is 17.9. The van der Waals surface area contributed by atoms with E-state index in [1.807, 2.05) is 24.3 Å². The summed E-state index contributed by atoms with van der Waals surface area (Å²) >= 11 is 0. The molecule has 9 aromatic rings. The SMILES string of the molecule is CC1(C)c2ccccc2-c2cccc(-c3ccc4c(c3)c3cccc(-c5cc(-c6ccccc6)nc(-c6ccccc6)n5)c3n4-c3ccccc3)c21. The zero-order chi connectivity index (χ0) is 34.8. The summed E-state index contributed by atoms with van der Waals surface area (Å²) in [6.07, 6.45) is 0. The molecular formula is C49H35N3. The normalized spacial score (nSPS) is 13.0. The summed E-state index contributed by atoms with van der Waals surface area (Å²) in [5.41, 5.74) is 16.1. The van der Waals surface area contributed by atoms with Crippen molar-refractivity contribution in [3.05, 3.63) is 187 Å². The fourth-order valence-electron chi connectivity index (χ4n) is 8.44. The maximum absolute atomic E-state index is 5.27. The molecule has 10 rings (SSSR count). The minimum atomic E-state index is -0.109. The molecule has 0 saturated heterocycles. The molecule has 0 amide bonds. The van der Waals surface area contributed by atoms with Crippen molar-refractivity contribution in [2.45, 2.75) is 19.3 Å². The Morgan fingerprint density at radius 3 is 1.85 bits per heavy atom. The van der Waals surface area contributed by atoms with Gasteiger partial charge in [0.25, 0.3) is 0 Å². The number of hydrogen-bond acceptors (Lipinski definition) is 2. The number of aromatic nitrogens is 3. The van der Waals surface area contributed by atoms with Crippen LogP contribution in [0.4, 0.5) is 0 Å². The fraction of sp³-hybridized carbons (Fsp3) is 0.0612. The first-order chi connectivity index (χ1) is 25.6. The Labute approximate surface area is 303 Å². The van der Waals surface area contributed by atoms with Crippen molar-refractivity contribution in [1.82, 2.24) is 14.5 Å². The largest absolute Gasteiger partial charge is 0.309 e. The lowest BCUT2D eigenvalue weighted by Gasteiger charge is -2.24. The van der Waals surface area contributed by atoms with Gasteiger partial charge in [-0.05, 0) is 63.7 Å². The molecular weight excluding hydrogens is 631 g/mol. The summed E-state index contributed by atoms with van der Waals surface area (Å²) in [5, 5.41) is 2.40. The van der Waals surface area contributed by atoms with E-state index in [4.69, 9.17) is 9.97 Å². The van der Waals surface area contributed by atoms with E-state index in [9.17, 15) is 0 Å². The zero-order valence-electron chi connectivity index (χ0n) is 29.1. The Balaban J connectivity index is 1.24. The van der Waals surface area contributed by atoms with E-state index >= 15 is 0 Å². The maximum atomic E-state index is 5.27. The Morgan fingerprint density at radius 1 is 0.442 bits per heavy atom. The molecule has 0 bridgehead atoms.